The maximum absolute atomic E-state index is 12.4. The number of nitrogens with zero attached hydrogens (tertiary/aromatic N) is 4. The van der Waals surface area contributed by atoms with Gasteiger partial charge in [0.15, 0.2) is 0 Å². The lowest BCUT2D eigenvalue weighted by atomic mass is 10.1. The topological polar surface area (TPSA) is 97.4 Å². The normalized spacial score (nSPS) is 13.3. The van der Waals surface area contributed by atoms with E-state index in [1.165, 1.54) is 16.4 Å². The summed E-state index contributed by atoms with van der Waals surface area (Å²) in [5.74, 6) is -0.377. The van der Waals surface area contributed by atoms with E-state index in [-0.39, 0.29) is 18.5 Å². The van der Waals surface area contributed by atoms with Crippen LogP contribution in [-0.2, 0) is 11.2 Å². The molecule has 1 aromatic heterocycles. The van der Waals surface area contributed by atoms with Gasteiger partial charge in [0.1, 0.15) is 5.69 Å². The van der Waals surface area contributed by atoms with Crippen molar-refractivity contribution >= 4 is 23.4 Å². The first kappa shape index (κ1) is 15.4. The maximum atomic E-state index is 12.4. The number of rotatable bonds is 4. The molecule has 1 N–H and O–H groups in total. The number of aliphatic carboxylic acids is 1. The summed E-state index contributed by atoms with van der Waals surface area (Å²) < 4.78 is 1.22. The molecule has 8 heteroatoms. The molecule has 0 fully saturated rings. The zero-order valence-electron chi connectivity index (χ0n) is 12.4. The number of carboxylic acid groups (broad SMARTS) is 1. The Morgan fingerprint density at radius 3 is 2.74 bits per heavy atom. The van der Waals surface area contributed by atoms with E-state index in [1.54, 1.807) is 0 Å². The summed E-state index contributed by atoms with van der Waals surface area (Å²) in [6.45, 7) is 2.01. The van der Waals surface area contributed by atoms with Crippen molar-refractivity contribution in [1.29, 1.82) is 0 Å². The predicted octanol–water partition coefficient (Wildman–Crippen LogP) is 1.32. The number of aromatic nitrogens is 3. The minimum Gasteiger partial charge on any atom is -0.481 e. The highest BCUT2D eigenvalue weighted by molar-refractivity contribution is 7.99. The SMILES string of the molecule is Cc1ccc(C2=Nn3c(nnc(CCC(=O)O)c3=O)SC2)cc1. The Labute approximate surface area is 136 Å². The molecule has 2 heterocycles. The van der Waals surface area contributed by atoms with Crippen LogP contribution in [-0.4, -0.2) is 37.4 Å². The summed E-state index contributed by atoms with van der Waals surface area (Å²) in [5.41, 5.74) is 2.59. The van der Waals surface area contributed by atoms with Gasteiger partial charge in [-0.1, -0.05) is 41.6 Å². The molecule has 7 nitrogen and oxygen atoms in total. The molecule has 0 bridgehead atoms. The summed E-state index contributed by atoms with van der Waals surface area (Å²) in [4.78, 5) is 23.1. The van der Waals surface area contributed by atoms with E-state index in [0.29, 0.717) is 10.9 Å². The van der Waals surface area contributed by atoms with Gasteiger partial charge in [0, 0.05) is 12.2 Å². The van der Waals surface area contributed by atoms with Crippen LogP contribution in [0.2, 0.25) is 0 Å². The largest absolute Gasteiger partial charge is 0.481 e. The molecule has 2 aromatic rings. The molecule has 0 atom stereocenters. The first-order chi connectivity index (χ1) is 11.0. The zero-order chi connectivity index (χ0) is 16.4. The van der Waals surface area contributed by atoms with E-state index in [9.17, 15) is 9.59 Å². The second kappa shape index (κ2) is 6.33. The molecule has 0 saturated heterocycles. The standard InChI is InChI=1S/C15H14N4O3S/c1-9-2-4-10(5-3-9)12-8-23-15-17-16-11(6-7-13(20)21)14(22)19(15)18-12/h2-5H,6-8H2,1H3,(H,20,21). The van der Waals surface area contributed by atoms with Gasteiger partial charge in [0.2, 0.25) is 5.16 Å². The van der Waals surface area contributed by atoms with Crippen molar-refractivity contribution in [3.63, 3.8) is 0 Å². The van der Waals surface area contributed by atoms with Gasteiger partial charge >= 0.3 is 5.97 Å². The fourth-order valence-corrected chi connectivity index (χ4v) is 2.96. The number of thioether (sulfide) groups is 1. The highest BCUT2D eigenvalue weighted by Gasteiger charge is 2.19. The number of benzene rings is 1. The molecule has 0 amide bonds. The summed E-state index contributed by atoms with van der Waals surface area (Å²) in [6.07, 6.45) is -0.119. The Balaban J connectivity index is 1.98. The van der Waals surface area contributed by atoms with Gasteiger partial charge in [-0.25, -0.2) is 0 Å². The van der Waals surface area contributed by atoms with Crippen LogP contribution in [0.4, 0.5) is 0 Å². The smallest absolute Gasteiger partial charge is 0.303 e. The molecule has 3 rings (SSSR count). The van der Waals surface area contributed by atoms with Crippen LogP contribution in [0.1, 0.15) is 23.2 Å². The first-order valence-electron chi connectivity index (χ1n) is 7.02. The molecule has 0 aliphatic carbocycles. The van der Waals surface area contributed by atoms with E-state index >= 15 is 0 Å². The molecule has 0 radical (unpaired) electrons. The zero-order valence-corrected chi connectivity index (χ0v) is 13.2. The summed E-state index contributed by atoms with van der Waals surface area (Å²) in [6, 6.07) is 7.91. The lowest BCUT2D eigenvalue weighted by molar-refractivity contribution is -0.136. The van der Waals surface area contributed by atoms with Crippen LogP contribution in [0.25, 0.3) is 0 Å². The molecule has 0 unspecified atom stereocenters. The lowest BCUT2D eigenvalue weighted by Gasteiger charge is -2.15. The molecular formula is C15H14N4O3S. The third kappa shape index (κ3) is 3.31. The fourth-order valence-electron chi connectivity index (χ4n) is 2.13. The monoisotopic (exact) mass is 330 g/mol. The maximum Gasteiger partial charge on any atom is 0.303 e. The van der Waals surface area contributed by atoms with Crippen molar-refractivity contribution in [3.8, 4) is 0 Å². The molecule has 23 heavy (non-hydrogen) atoms. The van der Waals surface area contributed by atoms with Crippen molar-refractivity contribution < 1.29 is 9.90 Å². The Kier molecular flexibility index (Phi) is 4.24. The van der Waals surface area contributed by atoms with E-state index in [0.717, 1.165) is 16.8 Å². The lowest BCUT2D eigenvalue weighted by Crippen LogP contribution is -2.30. The van der Waals surface area contributed by atoms with Crippen LogP contribution in [0.3, 0.4) is 0 Å². The van der Waals surface area contributed by atoms with Crippen LogP contribution >= 0.6 is 11.8 Å². The van der Waals surface area contributed by atoms with Crippen LogP contribution in [0, 0.1) is 6.92 Å². The molecule has 1 aliphatic heterocycles. The number of aryl methyl sites for hydroxylation is 2. The summed E-state index contributed by atoms with van der Waals surface area (Å²) in [7, 11) is 0. The number of carboxylic acids is 1. The third-order valence-electron chi connectivity index (χ3n) is 3.40. The molecule has 1 aromatic carbocycles. The number of carbonyl (C=O) groups is 1. The van der Waals surface area contributed by atoms with E-state index in [4.69, 9.17) is 5.11 Å². The van der Waals surface area contributed by atoms with Crippen molar-refractivity contribution in [2.75, 3.05) is 5.75 Å². The summed E-state index contributed by atoms with van der Waals surface area (Å²) >= 11 is 1.39. The third-order valence-corrected chi connectivity index (χ3v) is 4.33. The fraction of sp³-hybridized carbons (Fsp3) is 0.267. The van der Waals surface area contributed by atoms with E-state index < -0.39 is 11.5 Å². The van der Waals surface area contributed by atoms with Gasteiger partial charge in [-0.15, -0.1) is 10.2 Å². The first-order valence-corrected chi connectivity index (χ1v) is 8.01. The Morgan fingerprint density at radius 2 is 2.04 bits per heavy atom. The number of hydrogen-bond donors (Lipinski definition) is 1. The van der Waals surface area contributed by atoms with Gasteiger partial charge in [0.25, 0.3) is 5.56 Å². The van der Waals surface area contributed by atoms with E-state index in [1.807, 2.05) is 31.2 Å². The summed E-state index contributed by atoms with van der Waals surface area (Å²) in [5, 5.41) is 21.3. The van der Waals surface area contributed by atoms with Gasteiger partial charge < -0.3 is 5.11 Å². The van der Waals surface area contributed by atoms with Crippen LogP contribution in [0.15, 0.2) is 39.3 Å². The molecule has 0 spiro atoms. The van der Waals surface area contributed by atoms with Crippen molar-refractivity contribution in [3.05, 3.63) is 51.4 Å². The van der Waals surface area contributed by atoms with Gasteiger partial charge in [-0.3, -0.25) is 9.59 Å². The quantitative estimate of drug-likeness (QED) is 0.908. The highest BCUT2D eigenvalue weighted by Crippen LogP contribution is 2.21. The molecule has 0 saturated carbocycles. The van der Waals surface area contributed by atoms with Gasteiger partial charge in [0.05, 0.1) is 12.1 Å². The Morgan fingerprint density at radius 1 is 1.30 bits per heavy atom. The van der Waals surface area contributed by atoms with Crippen LogP contribution < -0.4 is 5.56 Å². The molecule has 1 aliphatic rings. The second-order valence-electron chi connectivity index (χ2n) is 5.14. The highest BCUT2D eigenvalue weighted by atomic mass is 32.2. The Hall–Kier alpha value is -2.48. The predicted molar refractivity (Wildman–Crippen MR) is 86.1 cm³/mol. The second-order valence-corrected chi connectivity index (χ2v) is 6.08. The Bertz CT molecular complexity index is 843. The van der Waals surface area contributed by atoms with E-state index in [2.05, 4.69) is 15.3 Å². The van der Waals surface area contributed by atoms with Crippen molar-refractivity contribution in [2.45, 2.75) is 24.9 Å². The molecule has 118 valence electrons. The minimum absolute atomic E-state index is 0.0432. The molecular weight excluding hydrogens is 316 g/mol. The minimum atomic E-state index is -0.979. The van der Waals surface area contributed by atoms with Gasteiger partial charge in [-0.05, 0) is 12.5 Å². The van der Waals surface area contributed by atoms with Crippen molar-refractivity contribution in [1.82, 2.24) is 14.9 Å². The average Bonchev–Trinajstić information content (AvgIpc) is 2.55. The van der Waals surface area contributed by atoms with Gasteiger partial charge in [-0.2, -0.15) is 9.78 Å². The van der Waals surface area contributed by atoms with Crippen LogP contribution in [0.5, 0.6) is 0 Å². The number of fused-ring (bicyclic) bond motifs is 1. The number of hydrogen-bond acceptors (Lipinski definition) is 6. The average molecular weight is 330 g/mol. The van der Waals surface area contributed by atoms with Crippen molar-refractivity contribution in [2.24, 2.45) is 5.10 Å².